The lowest BCUT2D eigenvalue weighted by atomic mass is 9.60. The Morgan fingerprint density at radius 3 is 1.87 bits per heavy atom. The number of ether oxygens (including phenoxy) is 2. The third-order valence-electron chi connectivity index (χ3n) is 5.74. The monoisotopic (exact) mass is 401 g/mol. The quantitative estimate of drug-likeness (QED) is 0.466. The van der Waals surface area contributed by atoms with E-state index in [2.05, 4.69) is 0 Å². The third kappa shape index (κ3) is 3.03. The Balaban J connectivity index is 1.92. The number of hydrogen-bond acceptors (Lipinski definition) is 4. The van der Waals surface area contributed by atoms with Crippen molar-refractivity contribution in [2.24, 2.45) is 0 Å². The van der Waals surface area contributed by atoms with E-state index in [0.29, 0.717) is 0 Å². The maximum absolute atomic E-state index is 13.7. The van der Waals surface area contributed by atoms with Crippen molar-refractivity contribution in [1.82, 2.24) is 4.90 Å². The number of nitrogens with zero attached hydrogens (tertiary/aromatic N) is 1. The fourth-order valence-electron chi connectivity index (χ4n) is 4.34. The minimum atomic E-state index is -0.925. The molecule has 1 aliphatic rings. The van der Waals surface area contributed by atoms with E-state index in [0.717, 1.165) is 22.4 Å². The summed E-state index contributed by atoms with van der Waals surface area (Å²) in [7, 11) is 2.94. The lowest BCUT2D eigenvalue weighted by Crippen LogP contribution is -2.67. The summed E-state index contributed by atoms with van der Waals surface area (Å²) >= 11 is 0. The van der Waals surface area contributed by atoms with E-state index in [4.69, 9.17) is 9.47 Å². The lowest BCUT2D eigenvalue weighted by Gasteiger charge is -2.56. The number of benzene rings is 3. The van der Waals surface area contributed by atoms with Crippen molar-refractivity contribution in [3.05, 3.63) is 102 Å². The number of hydrogen-bond donors (Lipinski definition) is 0. The number of carbonyl (C=O) groups excluding carboxylic acids is 2. The second-order valence-electron chi connectivity index (χ2n) is 7.22. The maximum Gasteiger partial charge on any atom is 0.325 e. The first kappa shape index (κ1) is 19.7. The van der Waals surface area contributed by atoms with Crippen LogP contribution < -0.4 is 4.74 Å². The molecule has 3 aromatic rings. The molecule has 4 rings (SSSR count). The molecule has 30 heavy (non-hydrogen) atoms. The molecule has 1 atom stereocenters. The number of amides is 1. The molecule has 0 spiro atoms. The van der Waals surface area contributed by atoms with Gasteiger partial charge in [0.15, 0.2) is 0 Å². The fraction of sp³-hybridized carbons (Fsp3) is 0.200. The largest absolute Gasteiger partial charge is 0.497 e. The van der Waals surface area contributed by atoms with Gasteiger partial charge in [0.1, 0.15) is 17.7 Å². The molecule has 0 aromatic heterocycles. The van der Waals surface area contributed by atoms with E-state index in [1.807, 2.05) is 84.9 Å². The van der Waals surface area contributed by atoms with Gasteiger partial charge in [0.25, 0.3) is 0 Å². The van der Waals surface area contributed by atoms with Crippen molar-refractivity contribution in [2.45, 2.75) is 11.5 Å². The Morgan fingerprint density at radius 2 is 1.40 bits per heavy atom. The maximum atomic E-state index is 13.7. The van der Waals surface area contributed by atoms with Gasteiger partial charge in [-0.3, -0.25) is 9.59 Å². The van der Waals surface area contributed by atoms with Crippen LogP contribution in [0.25, 0.3) is 0 Å². The lowest BCUT2D eigenvalue weighted by molar-refractivity contribution is -0.165. The van der Waals surface area contributed by atoms with Crippen LogP contribution in [0.5, 0.6) is 5.75 Å². The zero-order valence-corrected chi connectivity index (χ0v) is 16.9. The first-order valence-electron chi connectivity index (χ1n) is 9.75. The van der Waals surface area contributed by atoms with E-state index < -0.39 is 11.4 Å². The molecule has 5 heteroatoms. The van der Waals surface area contributed by atoms with E-state index in [1.54, 1.807) is 12.0 Å². The van der Waals surface area contributed by atoms with Gasteiger partial charge < -0.3 is 14.4 Å². The fourth-order valence-corrected chi connectivity index (χ4v) is 4.34. The molecular formula is C25H23NO4. The van der Waals surface area contributed by atoms with Crippen LogP contribution >= 0.6 is 0 Å². The van der Waals surface area contributed by atoms with Crippen molar-refractivity contribution in [3.8, 4) is 5.75 Å². The smallest absolute Gasteiger partial charge is 0.325 e. The summed E-state index contributed by atoms with van der Waals surface area (Å²) < 4.78 is 10.1. The number of β-lactam (4-membered cyclic amide) rings is 1. The van der Waals surface area contributed by atoms with Crippen molar-refractivity contribution < 1.29 is 19.1 Å². The molecule has 1 unspecified atom stereocenters. The summed E-state index contributed by atoms with van der Waals surface area (Å²) in [5, 5.41) is 0. The average molecular weight is 401 g/mol. The van der Waals surface area contributed by atoms with Gasteiger partial charge in [-0.15, -0.1) is 0 Å². The van der Waals surface area contributed by atoms with E-state index in [-0.39, 0.29) is 18.5 Å². The molecule has 1 amide bonds. The molecule has 0 bridgehead atoms. The summed E-state index contributed by atoms with van der Waals surface area (Å²) in [6, 6.07) is 26.7. The number of likely N-dealkylation sites (tertiary alicyclic amines) is 1. The van der Waals surface area contributed by atoms with Crippen LogP contribution in [0.3, 0.4) is 0 Å². The van der Waals surface area contributed by atoms with Crippen molar-refractivity contribution in [1.29, 1.82) is 0 Å². The van der Waals surface area contributed by atoms with Crippen LogP contribution in [0, 0.1) is 0 Å². The summed E-state index contributed by atoms with van der Waals surface area (Å²) in [6.07, 6.45) is 0. The minimum absolute atomic E-state index is 0.104. The molecule has 152 valence electrons. The zero-order chi connectivity index (χ0) is 21.1. The molecule has 5 nitrogen and oxygen atoms in total. The van der Waals surface area contributed by atoms with Gasteiger partial charge in [-0.1, -0.05) is 72.8 Å². The molecule has 1 fully saturated rings. The Labute approximate surface area is 175 Å². The van der Waals surface area contributed by atoms with Gasteiger partial charge in [-0.25, -0.2) is 0 Å². The highest BCUT2D eigenvalue weighted by Crippen LogP contribution is 2.55. The summed E-state index contributed by atoms with van der Waals surface area (Å²) in [5.74, 6) is 0.164. The highest BCUT2D eigenvalue weighted by Gasteiger charge is 2.63. The molecule has 0 radical (unpaired) electrons. The average Bonchev–Trinajstić information content (AvgIpc) is 2.82. The molecule has 0 aliphatic carbocycles. The van der Waals surface area contributed by atoms with Crippen molar-refractivity contribution >= 4 is 11.9 Å². The number of esters is 1. The standard InChI is InChI=1S/C25H23NO4/c1-29-21-15-13-18(14-16-21)23-25(19-9-5-3-6-10-19,20-11-7-4-8-12-20)24(28)26(23)17-22(27)30-2/h3-16,23H,17H2,1-2H3. The van der Waals surface area contributed by atoms with Crippen LogP contribution in [-0.4, -0.2) is 37.5 Å². The Bertz CT molecular complexity index is 992. The van der Waals surface area contributed by atoms with Crippen LogP contribution in [-0.2, 0) is 19.7 Å². The Hall–Kier alpha value is -3.60. The SMILES string of the molecule is COC(=O)CN1C(=O)C(c2ccccc2)(c2ccccc2)C1c1ccc(OC)cc1. The topological polar surface area (TPSA) is 55.8 Å². The van der Waals surface area contributed by atoms with Crippen LogP contribution in [0.15, 0.2) is 84.9 Å². The Kier molecular flexibility index (Phi) is 5.27. The highest BCUT2D eigenvalue weighted by molar-refractivity contribution is 6.01. The molecule has 1 saturated heterocycles. The van der Waals surface area contributed by atoms with E-state index >= 15 is 0 Å². The van der Waals surface area contributed by atoms with Gasteiger partial charge in [0, 0.05) is 0 Å². The van der Waals surface area contributed by atoms with E-state index in [1.165, 1.54) is 7.11 Å². The molecule has 0 N–H and O–H groups in total. The number of methoxy groups -OCH3 is 2. The van der Waals surface area contributed by atoms with Gasteiger partial charge in [-0.05, 0) is 28.8 Å². The Morgan fingerprint density at radius 1 is 0.867 bits per heavy atom. The van der Waals surface area contributed by atoms with Gasteiger partial charge in [-0.2, -0.15) is 0 Å². The summed E-state index contributed by atoms with van der Waals surface area (Å²) in [5.41, 5.74) is 1.78. The number of rotatable bonds is 6. The summed E-state index contributed by atoms with van der Waals surface area (Å²) in [4.78, 5) is 27.4. The first-order chi connectivity index (χ1) is 14.6. The molecular weight excluding hydrogens is 378 g/mol. The molecule has 1 aliphatic heterocycles. The summed E-state index contributed by atoms with van der Waals surface area (Å²) in [6.45, 7) is -0.104. The van der Waals surface area contributed by atoms with Crippen molar-refractivity contribution in [2.75, 3.05) is 20.8 Å². The minimum Gasteiger partial charge on any atom is -0.497 e. The molecule has 1 heterocycles. The van der Waals surface area contributed by atoms with Gasteiger partial charge in [0.05, 0.1) is 20.3 Å². The normalized spacial score (nSPS) is 17.2. The highest BCUT2D eigenvalue weighted by atomic mass is 16.5. The van der Waals surface area contributed by atoms with Crippen LogP contribution in [0.2, 0.25) is 0 Å². The molecule has 3 aromatic carbocycles. The second kappa shape index (κ2) is 8.03. The second-order valence-corrected chi connectivity index (χ2v) is 7.22. The third-order valence-corrected chi connectivity index (χ3v) is 5.74. The van der Waals surface area contributed by atoms with E-state index in [9.17, 15) is 9.59 Å². The van der Waals surface area contributed by atoms with Gasteiger partial charge >= 0.3 is 5.97 Å². The van der Waals surface area contributed by atoms with Gasteiger partial charge in [0.2, 0.25) is 5.91 Å². The zero-order valence-electron chi connectivity index (χ0n) is 16.9. The first-order valence-corrected chi connectivity index (χ1v) is 9.75. The number of carbonyl (C=O) groups is 2. The predicted molar refractivity (Wildman–Crippen MR) is 113 cm³/mol. The van der Waals surface area contributed by atoms with Crippen molar-refractivity contribution in [3.63, 3.8) is 0 Å². The van der Waals surface area contributed by atoms with Crippen LogP contribution in [0.4, 0.5) is 0 Å². The predicted octanol–water partition coefficient (Wildman–Crippen LogP) is 3.74. The van der Waals surface area contributed by atoms with Crippen LogP contribution in [0.1, 0.15) is 22.7 Å². The molecule has 0 saturated carbocycles.